The van der Waals surface area contributed by atoms with Crippen LogP contribution in [0.4, 0.5) is 0 Å². The maximum Gasteiger partial charge on any atom is 0.189 e. The summed E-state index contributed by atoms with van der Waals surface area (Å²) in [6.07, 6.45) is 4.89. The van der Waals surface area contributed by atoms with E-state index in [2.05, 4.69) is 21.0 Å². The minimum absolute atomic E-state index is 0.106. The van der Waals surface area contributed by atoms with Crippen molar-refractivity contribution in [3.8, 4) is 5.75 Å². The first kappa shape index (κ1) is 19.5. The molecule has 0 amide bonds. The van der Waals surface area contributed by atoms with Gasteiger partial charge in [0.2, 0.25) is 0 Å². The van der Waals surface area contributed by atoms with Gasteiger partial charge in [0.1, 0.15) is 23.9 Å². The Bertz CT molecular complexity index is 991. The molecular weight excluding hydrogens is 432 g/mol. The molecule has 0 aliphatic heterocycles. The number of furan rings is 1. The van der Waals surface area contributed by atoms with E-state index in [1.54, 1.807) is 29.1 Å². The number of carbonyl (C=O) groups excluding carboxylic acids is 1. The zero-order chi connectivity index (χ0) is 19.4. The molecule has 0 N–H and O–H groups in total. The molecule has 140 valence electrons. The summed E-state index contributed by atoms with van der Waals surface area (Å²) in [6.45, 7) is 4.79. The molecule has 0 spiro atoms. The van der Waals surface area contributed by atoms with E-state index in [0.717, 1.165) is 11.0 Å². The predicted octanol–water partition coefficient (Wildman–Crippen LogP) is 5.70. The number of carbonyl (C=O) groups is 1. The number of allylic oxidation sites excluding steroid dienone is 1. The zero-order valence-electron chi connectivity index (χ0n) is 14.9. The predicted molar refractivity (Wildman–Crippen MR) is 108 cm³/mol. The fourth-order valence-corrected chi connectivity index (χ4v) is 2.87. The lowest BCUT2D eigenvalue weighted by molar-refractivity contribution is 0.104. The molecule has 0 fully saturated rings. The average Bonchev–Trinajstić information content (AvgIpc) is 3.27. The molecule has 1 aromatic carbocycles. The Labute approximate surface area is 170 Å². The standard InChI is InChI=1S/C20H18BrClN2O3/c1-3-24-11-17(13(2)23-24)20(25)9-7-14-4-5-16(27-14)12-26-15-6-8-18(21)19(22)10-15/h4-11H,3,12H2,1-2H3/b9-7+. The van der Waals surface area contributed by atoms with Gasteiger partial charge in [0, 0.05) is 17.2 Å². The van der Waals surface area contributed by atoms with Crippen molar-refractivity contribution in [2.75, 3.05) is 0 Å². The van der Waals surface area contributed by atoms with Gasteiger partial charge < -0.3 is 9.15 Å². The molecule has 0 saturated heterocycles. The van der Waals surface area contributed by atoms with Crippen LogP contribution in [0.5, 0.6) is 5.75 Å². The highest BCUT2D eigenvalue weighted by Crippen LogP contribution is 2.27. The molecule has 7 heteroatoms. The maximum atomic E-state index is 12.3. The number of aromatic nitrogens is 2. The van der Waals surface area contributed by atoms with Crippen LogP contribution >= 0.6 is 27.5 Å². The highest BCUT2D eigenvalue weighted by atomic mass is 79.9. The van der Waals surface area contributed by atoms with Gasteiger partial charge in [0.15, 0.2) is 5.78 Å². The molecule has 2 aromatic heterocycles. The van der Waals surface area contributed by atoms with Crippen LogP contribution in [0.25, 0.3) is 6.08 Å². The first-order valence-corrected chi connectivity index (χ1v) is 9.56. The Morgan fingerprint density at radius 2 is 2.19 bits per heavy atom. The fourth-order valence-electron chi connectivity index (χ4n) is 2.45. The van der Waals surface area contributed by atoms with E-state index >= 15 is 0 Å². The van der Waals surface area contributed by atoms with Gasteiger partial charge >= 0.3 is 0 Å². The van der Waals surface area contributed by atoms with E-state index in [1.165, 1.54) is 6.08 Å². The second kappa shape index (κ2) is 8.59. The smallest absolute Gasteiger partial charge is 0.189 e. The van der Waals surface area contributed by atoms with Gasteiger partial charge in [-0.1, -0.05) is 11.6 Å². The van der Waals surface area contributed by atoms with Gasteiger partial charge in [-0.05, 0) is 72.3 Å². The van der Waals surface area contributed by atoms with Gasteiger partial charge in [-0.25, -0.2) is 0 Å². The highest BCUT2D eigenvalue weighted by Gasteiger charge is 2.10. The second-order valence-electron chi connectivity index (χ2n) is 5.85. The van der Waals surface area contributed by atoms with E-state index in [1.807, 2.05) is 32.0 Å². The van der Waals surface area contributed by atoms with Gasteiger partial charge in [-0.2, -0.15) is 5.10 Å². The van der Waals surface area contributed by atoms with Crippen molar-refractivity contribution in [3.05, 3.63) is 74.9 Å². The van der Waals surface area contributed by atoms with Crippen LogP contribution in [0, 0.1) is 6.92 Å². The Morgan fingerprint density at radius 3 is 2.89 bits per heavy atom. The summed E-state index contributed by atoms with van der Waals surface area (Å²) in [4.78, 5) is 12.3. The minimum Gasteiger partial charge on any atom is -0.486 e. The Morgan fingerprint density at radius 1 is 1.37 bits per heavy atom. The molecule has 0 aliphatic rings. The largest absolute Gasteiger partial charge is 0.486 e. The molecule has 5 nitrogen and oxygen atoms in total. The van der Waals surface area contributed by atoms with Crippen molar-refractivity contribution in [1.29, 1.82) is 0 Å². The average molecular weight is 450 g/mol. The Hall–Kier alpha value is -2.31. The minimum atomic E-state index is -0.106. The molecule has 0 bridgehead atoms. The van der Waals surface area contributed by atoms with E-state index < -0.39 is 0 Å². The summed E-state index contributed by atoms with van der Waals surface area (Å²) >= 11 is 9.38. The summed E-state index contributed by atoms with van der Waals surface area (Å²) in [5, 5.41) is 4.86. The topological polar surface area (TPSA) is 57.3 Å². The van der Waals surface area contributed by atoms with Crippen molar-refractivity contribution in [2.24, 2.45) is 0 Å². The van der Waals surface area contributed by atoms with Crippen molar-refractivity contribution in [1.82, 2.24) is 9.78 Å². The highest BCUT2D eigenvalue weighted by molar-refractivity contribution is 9.10. The number of rotatable bonds is 7. The van der Waals surface area contributed by atoms with Crippen LogP contribution in [-0.4, -0.2) is 15.6 Å². The lowest BCUT2D eigenvalue weighted by Crippen LogP contribution is -1.95. The van der Waals surface area contributed by atoms with Crippen molar-refractivity contribution in [3.63, 3.8) is 0 Å². The van der Waals surface area contributed by atoms with Crippen LogP contribution in [-0.2, 0) is 13.2 Å². The first-order chi connectivity index (χ1) is 13.0. The summed E-state index contributed by atoms with van der Waals surface area (Å²) in [7, 11) is 0. The fraction of sp³-hybridized carbons (Fsp3) is 0.200. The number of benzene rings is 1. The molecule has 2 heterocycles. The van der Waals surface area contributed by atoms with Crippen LogP contribution in [0.2, 0.25) is 5.02 Å². The number of nitrogens with zero attached hydrogens (tertiary/aromatic N) is 2. The van der Waals surface area contributed by atoms with Crippen molar-refractivity contribution >= 4 is 39.4 Å². The SMILES string of the molecule is CCn1cc(C(=O)/C=C/c2ccc(COc3ccc(Br)c(Cl)c3)o2)c(C)n1. The zero-order valence-corrected chi connectivity index (χ0v) is 17.3. The quantitative estimate of drug-likeness (QED) is 0.343. The third-order valence-corrected chi connectivity index (χ3v) is 5.12. The normalized spacial score (nSPS) is 11.3. The van der Waals surface area contributed by atoms with Crippen LogP contribution in [0.3, 0.4) is 0 Å². The second-order valence-corrected chi connectivity index (χ2v) is 7.11. The Kier molecular flexibility index (Phi) is 6.19. The Balaban J connectivity index is 1.61. The summed E-state index contributed by atoms with van der Waals surface area (Å²) < 4.78 is 13.9. The number of halogens is 2. The molecule has 3 aromatic rings. The molecule has 0 saturated carbocycles. The molecule has 0 aliphatic carbocycles. The third-order valence-electron chi connectivity index (χ3n) is 3.89. The van der Waals surface area contributed by atoms with Crippen molar-refractivity contribution < 1.29 is 13.9 Å². The molecule has 3 rings (SSSR count). The van der Waals surface area contributed by atoms with E-state index in [-0.39, 0.29) is 12.4 Å². The molecule has 27 heavy (non-hydrogen) atoms. The lowest BCUT2D eigenvalue weighted by atomic mass is 10.1. The number of aryl methyl sites for hydroxylation is 2. The summed E-state index contributed by atoms with van der Waals surface area (Å²) in [5.41, 5.74) is 1.31. The van der Waals surface area contributed by atoms with E-state index in [9.17, 15) is 4.79 Å². The molecule has 0 radical (unpaired) electrons. The van der Waals surface area contributed by atoms with Gasteiger partial charge in [0.25, 0.3) is 0 Å². The summed E-state index contributed by atoms with van der Waals surface area (Å²) in [6, 6.07) is 8.97. The molecule has 0 unspecified atom stereocenters. The van der Waals surface area contributed by atoms with Gasteiger partial charge in [-0.15, -0.1) is 0 Å². The van der Waals surface area contributed by atoms with E-state index in [4.69, 9.17) is 20.8 Å². The molecular formula is C20H18BrClN2O3. The van der Waals surface area contributed by atoms with Gasteiger partial charge in [0.05, 0.1) is 16.3 Å². The van der Waals surface area contributed by atoms with Crippen LogP contribution < -0.4 is 4.74 Å². The molecule has 0 atom stereocenters. The third kappa shape index (κ3) is 4.90. The lowest BCUT2D eigenvalue weighted by Gasteiger charge is -2.05. The number of hydrogen-bond donors (Lipinski definition) is 0. The number of hydrogen-bond acceptors (Lipinski definition) is 4. The van der Waals surface area contributed by atoms with Crippen molar-refractivity contribution in [2.45, 2.75) is 27.0 Å². The van der Waals surface area contributed by atoms with Crippen LogP contribution in [0.1, 0.15) is 34.5 Å². The first-order valence-electron chi connectivity index (χ1n) is 8.39. The maximum absolute atomic E-state index is 12.3. The van der Waals surface area contributed by atoms with E-state index in [0.29, 0.717) is 33.6 Å². The summed E-state index contributed by atoms with van der Waals surface area (Å²) in [5.74, 6) is 1.77. The van der Waals surface area contributed by atoms with Gasteiger partial charge in [-0.3, -0.25) is 9.48 Å². The monoisotopic (exact) mass is 448 g/mol. The van der Waals surface area contributed by atoms with Crippen LogP contribution in [0.15, 0.2) is 51.5 Å². The number of ketones is 1. The number of ether oxygens (including phenoxy) is 1.